The van der Waals surface area contributed by atoms with E-state index in [1.54, 1.807) is 0 Å². The fraction of sp³-hybridized carbons (Fsp3) is 0.467. The fourth-order valence-electron chi connectivity index (χ4n) is 2.39. The first-order valence-corrected chi connectivity index (χ1v) is 5.86. The number of hydrogen-bond acceptors (Lipinski definition) is 0. The zero-order chi connectivity index (χ0) is 11.6. The summed E-state index contributed by atoms with van der Waals surface area (Å²) in [5, 5.41) is 0. The first kappa shape index (κ1) is 11.2. The van der Waals surface area contributed by atoms with Crippen LogP contribution >= 0.6 is 0 Å². The third kappa shape index (κ3) is 2.27. The number of alkyl halides is 1. The quantitative estimate of drug-likeness (QED) is 0.622. The summed E-state index contributed by atoms with van der Waals surface area (Å²) in [5.41, 5.74) is 1.24. The predicted molar refractivity (Wildman–Crippen MR) is 65.1 cm³/mol. The van der Waals surface area contributed by atoms with Crippen LogP contribution in [0, 0.1) is 19.3 Å². The van der Waals surface area contributed by atoms with E-state index in [-0.39, 0.29) is 0 Å². The SMILES string of the molecule is C#CC1(F)CCC(c2ccc(C)cc2)CC1. The van der Waals surface area contributed by atoms with Crippen LogP contribution in [0.25, 0.3) is 0 Å². The molecular weight excluding hydrogens is 199 g/mol. The van der Waals surface area contributed by atoms with E-state index < -0.39 is 5.67 Å². The molecule has 84 valence electrons. The van der Waals surface area contributed by atoms with E-state index in [0.29, 0.717) is 18.8 Å². The Labute approximate surface area is 96.9 Å². The van der Waals surface area contributed by atoms with Crippen molar-refractivity contribution in [3.05, 3.63) is 35.4 Å². The Morgan fingerprint density at radius 3 is 2.31 bits per heavy atom. The topological polar surface area (TPSA) is 0 Å². The minimum absolute atomic E-state index is 0.484. The molecule has 0 N–H and O–H groups in total. The highest BCUT2D eigenvalue weighted by Gasteiger charge is 2.33. The van der Waals surface area contributed by atoms with Crippen molar-refractivity contribution in [1.82, 2.24) is 0 Å². The smallest absolute Gasteiger partial charge is 0.170 e. The Balaban J connectivity index is 2.05. The lowest BCUT2D eigenvalue weighted by atomic mass is 9.77. The Hall–Kier alpha value is -1.29. The summed E-state index contributed by atoms with van der Waals surface area (Å²) in [6.45, 7) is 2.08. The molecule has 1 aromatic rings. The van der Waals surface area contributed by atoms with Crippen molar-refractivity contribution in [2.75, 3.05) is 0 Å². The summed E-state index contributed by atoms with van der Waals surface area (Å²) in [7, 11) is 0. The van der Waals surface area contributed by atoms with Crippen molar-refractivity contribution in [1.29, 1.82) is 0 Å². The van der Waals surface area contributed by atoms with Crippen LogP contribution in [0.4, 0.5) is 4.39 Å². The molecule has 1 aromatic carbocycles. The number of aryl methyl sites for hydroxylation is 1. The summed E-state index contributed by atoms with van der Waals surface area (Å²) < 4.78 is 13.8. The van der Waals surface area contributed by atoms with Crippen LogP contribution in [0.1, 0.15) is 42.7 Å². The van der Waals surface area contributed by atoms with E-state index in [4.69, 9.17) is 6.42 Å². The van der Waals surface area contributed by atoms with Gasteiger partial charge in [0.05, 0.1) is 0 Å². The molecule has 0 bridgehead atoms. The molecule has 1 fully saturated rings. The highest BCUT2D eigenvalue weighted by Crippen LogP contribution is 2.39. The standard InChI is InChI=1S/C15H17F/c1-3-15(16)10-8-14(9-11-15)13-6-4-12(2)5-7-13/h1,4-7,14H,8-11H2,2H3. The maximum atomic E-state index is 13.8. The highest BCUT2D eigenvalue weighted by molar-refractivity contribution is 5.26. The van der Waals surface area contributed by atoms with Crippen LogP contribution in [-0.4, -0.2) is 5.67 Å². The number of hydrogen-bond donors (Lipinski definition) is 0. The first-order valence-electron chi connectivity index (χ1n) is 5.86. The van der Waals surface area contributed by atoms with Crippen molar-refractivity contribution in [2.45, 2.75) is 44.2 Å². The highest BCUT2D eigenvalue weighted by atomic mass is 19.1. The molecule has 0 heterocycles. The molecule has 1 heteroatoms. The Bertz CT molecular complexity index is 388. The molecule has 0 radical (unpaired) electrons. The number of halogens is 1. The molecule has 2 rings (SSSR count). The van der Waals surface area contributed by atoms with Crippen molar-refractivity contribution in [3.63, 3.8) is 0 Å². The maximum absolute atomic E-state index is 13.8. The molecule has 1 aliphatic rings. The molecule has 0 amide bonds. The van der Waals surface area contributed by atoms with Gasteiger partial charge in [0.2, 0.25) is 0 Å². The third-order valence-electron chi connectivity index (χ3n) is 3.59. The van der Waals surface area contributed by atoms with Gasteiger partial charge >= 0.3 is 0 Å². The summed E-state index contributed by atoms with van der Waals surface area (Å²) in [4.78, 5) is 0. The van der Waals surface area contributed by atoms with Gasteiger partial charge in [0, 0.05) is 0 Å². The van der Waals surface area contributed by atoms with Crippen molar-refractivity contribution < 1.29 is 4.39 Å². The third-order valence-corrected chi connectivity index (χ3v) is 3.59. The van der Waals surface area contributed by atoms with Crippen LogP contribution in [-0.2, 0) is 0 Å². The van der Waals surface area contributed by atoms with E-state index in [1.807, 2.05) is 0 Å². The van der Waals surface area contributed by atoms with Gasteiger partial charge in [0.15, 0.2) is 5.67 Å². The minimum atomic E-state index is -1.35. The zero-order valence-electron chi connectivity index (χ0n) is 9.67. The van der Waals surface area contributed by atoms with Gasteiger partial charge in [-0.25, -0.2) is 4.39 Å². The summed E-state index contributed by atoms with van der Waals surface area (Å²) in [5.74, 6) is 2.78. The second kappa shape index (κ2) is 4.29. The normalized spacial score (nSPS) is 29.7. The molecule has 0 spiro atoms. The van der Waals surface area contributed by atoms with Crippen LogP contribution < -0.4 is 0 Å². The van der Waals surface area contributed by atoms with Gasteiger partial charge in [-0.05, 0) is 44.1 Å². The first-order chi connectivity index (χ1) is 7.63. The molecule has 16 heavy (non-hydrogen) atoms. The van der Waals surface area contributed by atoms with Crippen LogP contribution in [0.15, 0.2) is 24.3 Å². The van der Waals surface area contributed by atoms with Crippen molar-refractivity contribution in [3.8, 4) is 12.3 Å². The van der Waals surface area contributed by atoms with E-state index >= 15 is 0 Å². The van der Waals surface area contributed by atoms with Gasteiger partial charge in [-0.1, -0.05) is 35.7 Å². The minimum Gasteiger partial charge on any atom is -0.230 e. The predicted octanol–water partition coefficient (Wildman–Crippen LogP) is 3.99. The number of rotatable bonds is 1. The average molecular weight is 216 g/mol. The number of terminal acetylenes is 1. The Kier molecular flexibility index (Phi) is 3.01. The molecule has 1 aliphatic carbocycles. The summed E-state index contributed by atoms with van der Waals surface area (Å²) >= 11 is 0. The van der Waals surface area contributed by atoms with Gasteiger partial charge in [-0.2, -0.15) is 0 Å². The van der Waals surface area contributed by atoms with Gasteiger partial charge in [0.1, 0.15) is 0 Å². The largest absolute Gasteiger partial charge is 0.230 e. The second-order valence-corrected chi connectivity index (χ2v) is 4.79. The van der Waals surface area contributed by atoms with Crippen LogP contribution in [0.2, 0.25) is 0 Å². The van der Waals surface area contributed by atoms with E-state index in [9.17, 15) is 4.39 Å². The fourth-order valence-corrected chi connectivity index (χ4v) is 2.39. The molecule has 0 aliphatic heterocycles. The van der Waals surface area contributed by atoms with Gasteiger partial charge < -0.3 is 0 Å². The van der Waals surface area contributed by atoms with E-state index in [1.165, 1.54) is 11.1 Å². The summed E-state index contributed by atoms with van der Waals surface area (Å²) in [6, 6.07) is 8.55. The van der Waals surface area contributed by atoms with Crippen LogP contribution in [0.3, 0.4) is 0 Å². The molecule has 1 saturated carbocycles. The second-order valence-electron chi connectivity index (χ2n) is 4.79. The van der Waals surface area contributed by atoms with Gasteiger partial charge in [-0.3, -0.25) is 0 Å². The van der Waals surface area contributed by atoms with Crippen molar-refractivity contribution >= 4 is 0 Å². The van der Waals surface area contributed by atoms with E-state index in [2.05, 4.69) is 37.1 Å². The lowest BCUT2D eigenvalue weighted by Gasteiger charge is -2.30. The van der Waals surface area contributed by atoms with E-state index in [0.717, 1.165) is 12.8 Å². The molecule has 0 nitrogen and oxygen atoms in total. The molecule has 0 aromatic heterocycles. The molecular formula is C15H17F. The van der Waals surface area contributed by atoms with Gasteiger partial charge in [0.25, 0.3) is 0 Å². The lowest BCUT2D eigenvalue weighted by Crippen LogP contribution is -2.26. The summed E-state index contributed by atoms with van der Waals surface area (Å²) in [6.07, 6.45) is 7.95. The molecule has 0 saturated heterocycles. The van der Waals surface area contributed by atoms with Crippen molar-refractivity contribution in [2.24, 2.45) is 0 Å². The Morgan fingerprint density at radius 2 is 1.81 bits per heavy atom. The molecule has 0 atom stereocenters. The number of benzene rings is 1. The zero-order valence-corrected chi connectivity index (χ0v) is 9.67. The van der Waals surface area contributed by atoms with Crippen LogP contribution in [0.5, 0.6) is 0 Å². The van der Waals surface area contributed by atoms with Gasteiger partial charge in [-0.15, -0.1) is 6.42 Å². The average Bonchev–Trinajstić information content (AvgIpc) is 2.32. The monoisotopic (exact) mass is 216 g/mol. The lowest BCUT2D eigenvalue weighted by molar-refractivity contribution is 0.163. The molecule has 0 unspecified atom stereocenters. The maximum Gasteiger partial charge on any atom is 0.170 e. The Morgan fingerprint density at radius 1 is 1.25 bits per heavy atom.